The molecule has 0 spiro atoms. The fourth-order valence-corrected chi connectivity index (χ4v) is 3.64. The summed E-state index contributed by atoms with van der Waals surface area (Å²) in [6.45, 7) is 0.335. The van der Waals surface area contributed by atoms with Crippen molar-refractivity contribution in [2.24, 2.45) is 0 Å². The van der Waals surface area contributed by atoms with Crippen LogP contribution in [0.15, 0.2) is 0 Å². The van der Waals surface area contributed by atoms with Gasteiger partial charge < -0.3 is 10.0 Å². The third kappa shape index (κ3) is 5.84. The second-order valence-electron chi connectivity index (χ2n) is 5.05. The number of rotatable bonds is 7. The molecular formula is C12H22N2O5S2. The Labute approximate surface area is 129 Å². The van der Waals surface area contributed by atoms with Gasteiger partial charge in [-0.15, -0.1) is 0 Å². The third-order valence-corrected chi connectivity index (χ3v) is 5.39. The van der Waals surface area contributed by atoms with Crippen LogP contribution in [0.2, 0.25) is 0 Å². The van der Waals surface area contributed by atoms with E-state index in [1.54, 1.807) is 0 Å². The maximum absolute atomic E-state index is 12.1. The fraction of sp³-hybridized carbons (Fsp3) is 0.833. The van der Waals surface area contributed by atoms with Crippen LogP contribution in [0.3, 0.4) is 0 Å². The Balaban J connectivity index is 2.68. The molecule has 1 saturated heterocycles. The summed E-state index contributed by atoms with van der Waals surface area (Å²) in [6, 6.07) is -0.201. The van der Waals surface area contributed by atoms with Crippen LogP contribution >= 0.6 is 11.8 Å². The number of nitrogens with zero attached hydrogens (tertiary/aromatic N) is 2. The molecule has 0 unspecified atom stereocenters. The van der Waals surface area contributed by atoms with Crippen LogP contribution in [-0.2, 0) is 19.6 Å². The smallest absolute Gasteiger partial charge is 0.323 e. The minimum Gasteiger partial charge on any atom is -0.480 e. The monoisotopic (exact) mass is 338 g/mol. The molecule has 0 aromatic heterocycles. The van der Waals surface area contributed by atoms with Gasteiger partial charge in [-0.05, 0) is 19.1 Å². The molecule has 122 valence electrons. The fourth-order valence-electron chi connectivity index (χ4n) is 2.39. The summed E-state index contributed by atoms with van der Waals surface area (Å²) in [7, 11) is -3.22. The lowest BCUT2D eigenvalue weighted by Gasteiger charge is -2.37. The van der Waals surface area contributed by atoms with E-state index in [0.717, 1.165) is 6.26 Å². The van der Waals surface area contributed by atoms with Crippen LogP contribution < -0.4 is 0 Å². The van der Waals surface area contributed by atoms with Crippen LogP contribution in [0.5, 0.6) is 0 Å². The largest absolute Gasteiger partial charge is 0.480 e. The van der Waals surface area contributed by atoms with E-state index >= 15 is 0 Å². The lowest BCUT2D eigenvalue weighted by atomic mass is 10.0. The van der Waals surface area contributed by atoms with Gasteiger partial charge in [-0.2, -0.15) is 11.8 Å². The molecule has 1 rings (SSSR count). The van der Waals surface area contributed by atoms with Crippen LogP contribution in [0.25, 0.3) is 0 Å². The van der Waals surface area contributed by atoms with Crippen molar-refractivity contribution in [2.75, 3.05) is 37.9 Å². The van der Waals surface area contributed by atoms with Crippen molar-refractivity contribution in [1.29, 1.82) is 0 Å². The molecule has 1 aliphatic rings. The van der Waals surface area contributed by atoms with Crippen LogP contribution in [0, 0.1) is 0 Å². The van der Waals surface area contributed by atoms with E-state index < -0.39 is 16.0 Å². The Bertz CT molecular complexity index is 472. The van der Waals surface area contributed by atoms with Crippen molar-refractivity contribution in [1.82, 2.24) is 9.21 Å². The van der Waals surface area contributed by atoms with Crippen molar-refractivity contribution in [3.05, 3.63) is 0 Å². The van der Waals surface area contributed by atoms with E-state index in [-0.39, 0.29) is 18.5 Å². The normalized spacial score (nSPS) is 17.6. The molecule has 0 atom stereocenters. The maximum atomic E-state index is 12.1. The summed E-state index contributed by atoms with van der Waals surface area (Å²) in [5.41, 5.74) is 0. The molecule has 0 aliphatic carbocycles. The van der Waals surface area contributed by atoms with E-state index in [4.69, 9.17) is 5.11 Å². The molecular weight excluding hydrogens is 316 g/mol. The molecule has 0 bridgehead atoms. The lowest BCUT2D eigenvalue weighted by Crippen LogP contribution is -2.50. The summed E-state index contributed by atoms with van der Waals surface area (Å²) >= 11 is 1.53. The van der Waals surface area contributed by atoms with E-state index in [2.05, 4.69) is 0 Å². The minimum atomic E-state index is -3.22. The van der Waals surface area contributed by atoms with Crippen molar-refractivity contribution in [3.8, 4) is 0 Å². The van der Waals surface area contributed by atoms with Crippen molar-refractivity contribution < 1.29 is 23.1 Å². The van der Waals surface area contributed by atoms with Crippen LogP contribution in [-0.4, -0.2) is 78.5 Å². The number of thioether (sulfide) groups is 1. The first kappa shape index (κ1) is 18.2. The summed E-state index contributed by atoms with van der Waals surface area (Å²) < 4.78 is 24.3. The second kappa shape index (κ2) is 8.00. The SMILES string of the molecule is CSCCC(=O)N(CC(=O)O)C1CCN(S(C)(=O)=O)CC1. The summed E-state index contributed by atoms with van der Waals surface area (Å²) in [5, 5.41) is 8.96. The molecule has 1 aliphatic heterocycles. The highest BCUT2D eigenvalue weighted by Crippen LogP contribution is 2.19. The standard InChI is InChI=1S/C12H22N2O5S2/c1-20-8-5-11(15)14(9-12(16)17)10-3-6-13(7-4-10)21(2,18)19/h10H,3-9H2,1-2H3,(H,16,17). The molecule has 0 aromatic carbocycles. The van der Waals surface area contributed by atoms with Gasteiger partial charge in [-0.25, -0.2) is 12.7 Å². The van der Waals surface area contributed by atoms with Crippen molar-refractivity contribution in [2.45, 2.75) is 25.3 Å². The average molecular weight is 338 g/mol. The lowest BCUT2D eigenvalue weighted by molar-refractivity contribution is -0.146. The number of sulfonamides is 1. The minimum absolute atomic E-state index is 0.176. The number of hydrogen-bond acceptors (Lipinski definition) is 5. The topological polar surface area (TPSA) is 95.0 Å². The Kier molecular flexibility index (Phi) is 6.95. The summed E-state index contributed by atoms with van der Waals surface area (Å²) in [5.74, 6) is -0.570. The highest BCUT2D eigenvalue weighted by Gasteiger charge is 2.31. The predicted molar refractivity (Wildman–Crippen MR) is 81.8 cm³/mol. The van der Waals surface area contributed by atoms with Gasteiger partial charge in [0, 0.05) is 31.3 Å². The van der Waals surface area contributed by atoms with Crippen molar-refractivity contribution in [3.63, 3.8) is 0 Å². The Hall–Kier alpha value is -0.800. The van der Waals surface area contributed by atoms with Crippen LogP contribution in [0.1, 0.15) is 19.3 Å². The maximum Gasteiger partial charge on any atom is 0.323 e. The number of amides is 1. The highest BCUT2D eigenvalue weighted by atomic mass is 32.2. The van der Waals surface area contributed by atoms with Gasteiger partial charge in [0.1, 0.15) is 6.54 Å². The highest BCUT2D eigenvalue weighted by molar-refractivity contribution is 7.98. The van der Waals surface area contributed by atoms with E-state index in [1.165, 1.54) is 21.0 Å². The quantitative estimate of drug-likeness (QED) is 0.706. The number of hydrogen-bond donors (Lipinski definition) is 1. The molecule has 21 heavy (non-hydrogen) atoms. The number of carbonyl (C=O) groups is 2. The molecule has 0 radical (unpaired) electrons. The van der Waals surface area contributed by atoms with Gasteiger partial charge in [-0.1, -0.05) is 0 Å². The molecule has 1 amide bonds. The number of aliphatic carboxylic acids is 1. The molecule has 9 heteroatoms. The molecule has 7 nitrogen and oxygen atoms in total. The average Bonchev–Trinajstić information content (AvgIpc) is 2.41. The van der Waals surface area contributed by atoms with Crippen molar-refractivity contribution >= 4 is 33.7 Å². The number of carboxylic acid groups (broad SMARTS) is 1. The van der Waals surface area contributed by atoms with Gasteiger partial charge in [0.2, 0.25) is 15.9 Å². The zero-order chi connectivity index (χ0) is 16.0. The first-order chi connectivity index (χ1) is 9.75. The Morgan fingerprint density at radius 3 is 2.33 bits per heavy atom. The number of piperidine rings is 1. The van der Waals surface area contributed by atoms with E-state index in [9.17, 15) is 18.0 Å². The van der Waals surface area contributed by atoms with Crippen LogP contribution in [0.4, 0.5) is 0 Å². The molecule has 0 saturated carbocycles. The third-order valence-electron chi connectivity index (χ3n) is 3.48. The summed E-state index contributed by atoms with van der Waals surface area (Å²) in [6.07, 6.45) is 4.31. The predicted octanol–water partition coefficient (Wildman–Crippen LogP) is 0.0767. The zero-order valence-corrected chi connectivity index (χ0v) is 14.0. The van der Waals surface area contributed by atoms with Gasteiger partial charge in [0.15, 0.2) is 0 Å². The first-order valence-corrected chi connectivity index (χ1v) is 9.95. The van der Waals surface area contributed by atoms with E-state index in [0.29, 0.717) is 38.1 Å². The second-order valence-corrected chi connectivity index (χ2v) is 8.02. The van der Waals surface area contributed by atoms with Gasteiger partial charge in [0.25, 0.3) is 0 Å². The molecule has 1 N–H and O–H groups in total. The first-order valence-electron chi connectivity index (χ1n) is 6.71. The molecule has 1 fully saturated rings. The summed E-state index contributed by atoms with van der Waals surface area (Å²) in [4.78, 5) is 24.5. The van der Waals surface area contributed by atoms with Gasteiger partial charge in [0.05, 0.1) is 6.26 Å². The Morgan fingerprint density at radius 1 is 1.33 bits per heavy atom. The van der Waals surface area contributed by atoms with Gasteiger partial charge in [-0.3, -0.25) is 9.59 Å². The van der Waals surface area contributed by atoms with Gasteiger partial charge >= 0.3 is 5.97 Å². The zero-order valence-electron chi connectivity index (χ0n) is 12.3. The molecule has 1 heterocycles. The number of carbonyl (C=O) groups excluding carboxylic acids is 1. The Morgan fingerprint density at radius 2 is 1.90 bits per heavy atom. The number of carboxylic acids is 1. The molecule has 0 aromatic rings. The van der Waals surface area contributed by atoms with E-state index in [1.807, 2.05) is 6.26 Å².